The van der Waals surface area contributed by atoms with E-state index in [9.17, 15) is 0 Å². The monoisotopic (exact) mass is 313 g/mol. The van der Waals surface area contributed by atoms with Crippen LogP contribution in [0.5, 0.6) is 0 Å². The summed E-state index contributed by atoms with van der Waals surface area (Å²) in [4.78, 5) is 19.9. The van der Waals surface area contributed by atoms with Crippen LogP contribution in [-0.2, 0) is 6.54 Å². The molecule has 0 radical (unpaired) electrons. The Hall–Kier alpha value is -2.67. The molecular weight excluding hydrogens is 302 g/mol. The second-order valence-electron chi connectivity index (χ2n) is 4.92. The van der Waals surface area contributed by atoms with Gasteiger partial charge in [-0.25, -0.2) is 9.97 Å². The van der Waals surface area contributed by atoms with Crippen LogP contribution in [0.1, 0.15) is 11.4 Å². The third-order valence-corrected chi connectivity index (χ3v) is 3.61. The standard InChI is InChI=1S/C14H12ClN7/c1-8-3-2-4-10-19-9(6-22(8)10)5-16-12-11-13(18-7-17-11)21-14(15)20-12/h2-4,6-7H,5H2,1H3,(H2,16,17,18,20,21). The van der Waals surface area contributed by atoms with Crippen LogP contribution in [0.3, 0.4) is 0 Å². The molecule has 4 aromatic heterocycles. The van der Waals surface area contributed by atoms with Crippen LogP contribution >= 0.6 is 11.6 Å². The molecule has 110 valence electrons. The number of halogens is 1. The maximum Gasteiger partial charge on any atom is 0.226 e. The minimum absolute atomic E-state index is 0.160. The highest BCUT2D eigenvalue weighted by molar-refractivity contribution is 6.28. The van der Waals surface area contributed by atoms with Crippen molar-refractivity contribution >= 4 is 34.2 Å². The van der Waals surface area contributed by atoms with Gasteiger partial charge in [0.1, 0.15) is 11.2 Å². The molecule has 4 rings (SSSR count). The molecule has 0 atom stereocenters. The zero-order valence-electron chi connectivity index (χ0n) is 11.7. The summed E-state index contributed by atoms with van der Waals surface area (Å²) in [6, 6.07) is 6.02. The van der Waals surface area contributed by atoms with Crippen molar-refractivity contribution in [1.82, 2.24) is 29.3 Å². The molecule has 0 saturated heterocycles. The Morgan fingerprint density at radius 3 is 3.05 bits per heavy atom. The van der Waals surface area contributed by atoms with Crippen LogP contribution in [0.15, 0.2) is 30.7 Å². The second-order valence-corrected chi connectivity index (χ2v) is 5.26. The van der Waals surface area contributed by atoms with Crippen LogP contribution in [0.2, 0.25) is 5.28 Å². The Morgan fingerprint density at radius 2 is 2.18 bits per heavy atom. The number of pyridine rings is 1. The van der Waals surface area contributed by atoms with E-state index in [-0.39, 0.29) is 5.28 Å². The number of nitrogens with zero attached hydrogens (tertiary/aromatic N) is 5. The third-order valence-electron chi connectivity index (χ3n) is 3.44. The van der Waals surface area contributed by atoms with Crippen LogP contribution < -0.4 is 5.32 Å². The van der Waals surface area contributed by atoms with Gasteiger partial charge in [0.2, 0.25) is 5.28 Å². The molecule has 8 heteroatoms. The maximum atomic E-state index is 5.91. The van der Waals surface area contributed by atoms with Crippen LogP contribution in [0.25, 0.3) is 16.8 Å². The number of H-pyrrole nitrogens is 1. The van der Waals surface area contributed by atoms with E-state index in [0.717, 1.165) is 22.6 Å². The van der Waals surface area contributed by atoms with Gasteiger partial charge in [0, 0.05) is 11.9 Å². The highest BCUT2D eigenvalue weighted by atomic mass is 35.5. The number of hydrogen-bond donors (Lipinski definition) is 2. The van der Waals surface area contributed by atoms with Gasteiger partial charge in [0.25, 0.3) is 0 Å². The number of imidazole rings is 2. The summed E-state index contributed by atoms with van der Waals surface area (Å²) in [6.45, 7) is 2.58. The summed E-state index contributed by atoms with van der Waals surface area (Å²) in [5, 5.41) is 3.39. The quantitative estimate of drug-likeness (QED) is 0.568. The second kappa shape index (κ2) is 4.96. The van der Waals surface area contributed by atoms with Gasteiger partial charge < -0.3 is 14.7 Å². The normalized spacial score (nSPS) is 11.4. The number of fused-ring (bicyclic) bond motifs is 2. The molecule has 2 N–H and O–H groups in total. The van der Waals surface area contributed by atoms with Crippen molar-refractivity contribution in [3.8, 4) is 0 Å². The number of nitrogens with one attached hydrogen (secondary N) is 2. The molecule has 0 unspecified atom stereocenters. The molecule has 0 saturated carbocycles. The van der Waals surface area contributed by atoms with Gasteiger partial charge in [-0.3, -0.25) is 0 Å². The van der Waals surface area contributed by atoms with Crippen molar-refractivity contribution in [2.24, 2.45) is 0 Å². The lowest BCUT2D eigenvalue weighted by atomic mass is 10.4. The smallest absolute Gasteiger partial charge is 0.226 e. The van der Waals surface area contributed by atoms with Gasteiger partial charge in [0.15, 0.2) is 11.5 Å². The Bertz CT molecular complexity index is 972. The topological polar surface area (TPSA) is 83.8 Å². The largest absolute Gasteiger partial charge is 0.362 e. The molecule has 0 bridgehead atoms. The fourth-order valence-corrected chi connectivity index (χ4v) is 2.56. The van der Waals surface area contributed by atoms with Gasteiger partial charge in [-0.05, 0) is 30.7 Å². The van der Waals surface area contributed by atoms with E-state index in [4.69, 9.17) is 11.6 Å². The van der Waals surface area contributed by atoms with E-state index in [1.807, 2.05) is 31.3 Å². The molecule has 0 aliphatic carbocycles. The van der Waals surface area contributed by atoms with E-state index in [2.05, 4.69) is 34.6 Å². The molecule has 7 nitrogen and oxygen atoms in total. The van der Waals surface area contributed by atoms with Gasteiger partial charge in [-0.1, -0.05) is 6.07 Å². The molecule has 0 aliphatic heterocycles. The van der Waals surface area contributed by atoms with Gasteiger partial charge in [-0.15, -0.1) is 0 Å². The van der Waals surface area contributed by atoms with E-state index >= 15 is 0 Å². The number of aromatic nitrogens is 6. The Morgan fingerprint density at radius 1 is 1.27 bits per heavy atom. The highest BCUT2D eigenvalue weighted by Crippen LogP contribution is 2.19. The van der Waals surface area contributed by atoms with Crippen molar-refractivity contribution in [3.63, 3.8) is 0 Å². The third kappa shape index (κ3) is 2.15. The lowest BCUT2D eigenvalue weighted by Gasteiger charge is -2.04. The van der Waals surface area contributed by atoms with E-state index in [1.165, 1.54) is 0 Å². The first kappa shape index (κ1) is 13.0. The average molecular weight is 314 g/mol. The Balaban J connectivity index is 1.65. The number of rotatable bonds is 3. The highest BCUT2D eigenvalue weighted by Gasteiger charge is 2.09. The van der Waals surface area contributed by atoms with Gasteiger partial charge in [0.05, 0.1) is 18.6 Å². The van der Waals surface area contributed by atoms with Crippen molar-refractivity contribution in [3.05, 3.63) is 47.4 Å². The van der Waals surface area contributed by atoms with Crippen LogP contribution in [0, 0.1) is 6.92 Å². The zero-order chi connectivity index (χ0) is 15.1. The lowest BCUT2D eigenvalue weighted by Crippen LogP contribution is -2.03. The van der Waals surface area contributed by atoms with Gasteiger partial charge >= 0.3 is 0 Å². The average Bonchev–Trinajstić information content (AvgIpc) is 3.11. The van der Waals surface area contributed by atoms with Crippen LogP contribution in [0.4, 0.5) is 5.82 Å². The first-order chi connectivity index (χ1) is 10.7. The predicted octanol–water partition coefficient (Wildman–Crippen LogP) is 2.57. The lowest BCUT2D eigenvalue weighted by molar-refractivity contribution is 1.05. The first-order valence-electron chi connectivity index (χ1n) is 6.75. The van der Waals surface area contributed by atoms with Crippen molar-refractivity contribution in [1.29, 1.82) is 0 Å². The number of hydrogen-bond acceptors (Lipinski definition) is 5. The fraction of sp³-hybridized carbons (Fsp3) is 0.143. The molecular formula is C14H12ClN7. The summed E-state index contributed by atoms with van der Waals surface area (Å²) in [6.07, 6.45) is 3.57. The summed E-state index contributed by atoms with van der Waals surface area (Å²) in [7, 11) is 0. The Kier molecular flexibility index (Phi) is 2.93. The molecule has 0 aromatic carbocycles. The van der Waals surface area contributed by atoms with Crippen molar-refractivity contribution in [2.75, 3.05) is 5.32 Å². The Labute approximate surface area is 130 Å². The fourth-order valence-electron chi connectivity index (χ4n) is 2.39. The summed E-state index contributed by atoms with van der Waals surface area (Å²) >= 11 is 5.91. The molecule has 0 spiro atoms. The molecule has 0 aliphatic rings. The molecule has 0 amide bonds. The number of aryl methyl sites for hydroxylation is 1. The first-order valence-corrected chi connectivity index (χ1v) is 7.12. The number of anilines is 1. The zero-order valence-corrected chi connectivity index (χ0v) is 12.5. The van der Waals surface area contributed by atoms with Crippen molar-refractivity contribution in [2.45, 2.75) is 13.5 Å². The SMILES string of the molecule is Cc1cccc2nc(CNc3nc(Cl)nc4nc[nH]c34)cn12. The maximum absolute atomic E-state index is 5.91. The molecule has 4 heterocycles. The predicted molar refractivity (Wildman–Crippen MR) is 83.9 cm³/mol. The van der Waals surface area contributed by atoms with E-state index in [1.54, 1.807) is 6.33 Å². The number of aromatic amines is 1. The van der Waals surface area contributed by atoms with Crippen molar-refractivity contribution < 1.29 is 0 Å². The minimum atomic E-state index is 0.160. The minimum Gasteiger partial charge on any atom is -0.362 e. The summed E-state index contributed by atoms with van der Waals surface area (Å²) < 4.78 is 2.05. The van der Waals surface area contributed by atoms with E-state index in [0.29, 0.717) is 18.0 Å². The molecule has 4 aromatic rings. The molecule has 22 heavy (non-hydrogen) atoms. The summed E-state index contributed by atoms with van der Waals surface area (Å²) in [5.74, 6) is 0.612. The molecule has 0 fully saturated rings. The van der Waals surface area contributed by atoms with Crippen LogP contribution in [-0.4, -0.2) is 29.3 Å². The summed E-state index contributed by atoms with van der Waals surface area (Å²) in [5.41, 5.74) is 4.23. The van der Waals surface area contributed by atoms with E-state index < -0.39 is 0 Å². The van der Waals surface area contributed by atoms with Gasteiger partial charge in [-0.2, -0.15) is 9.97 Å².